The van der Waals surface area contributed by atoms with Crippen LogP contribution < -0.4 is 0 Å². The zero-order valence-corrected chi connectivity index (χ0v) is 33.6. The lowest BCUT2D eigenvalue weighted by Crippen LogP contribution is -2.26. The summed E-state index contributed by atoms with van der Waals surface area (Å²) in [5.74, 6) is 1.85. The number of aromatic nitrogens is 3. The van der Waals surface area contributed by atoms with Crippen molar-refractivity contribution in [3.05, 3.63) is 228 Å². The molecule has 3 aliphatic carbocycles. The van der Waals surface area contributed by atoms with Gasteiger partial charge >= 0.3 is 0 Å². The van der Waals surface area contributed by atoms with Gasteiger partial charge in [-0.05, 0) is 119 Å². The first-order valence-electron chi connectivity index (χ1n) is 21.1. The number of hydrogen-bond donors (Lipinski definition) is 0. The summed E-state index contributed by atoms with van der Waals surface area (Å²) in [6, 6.07) is 59.3. The molecular weight excluding hydrogens is 739 g/mol. The number of allylic oxidation sites excluding steroid dienone is 4. The predicted molar refractivity (Wildman–Crippen MR) is 254 cm³/mol. The Morgan fingerprint density at radius 3 is 1.82 bits per heavy atom. The highest BCUT2D eigenvalue weighted by atomic mass is 15.0. The first-order chi connectivity index (χ1) is 30.1. The van der Waals surface area contributed by atoms with Crippen molar-refractivity contribution in [3.63, 3.8) is 0 Å². The maximum absolute atomic E-state index is 5.26. The third-order valence-electron chi connectivity index (χ3n) is 13.1. The quantitative estimate of drug-likeness (QED) is 0.169. The molecule has 3 aliphatic rings. The van der Waals surface area contributed by atoms with Gasteiger partial charge in [-0.3, -0.25) is 0 Å². The normalized spacial score (nSPS) is 15.8. The van der Waals surface area contributed by atoms with Crippen molar-refractivity contribution in [2.45, 2.75) is 18.3 Å². The summed E-state index contributed by atoms with van der Waals surface area (Å²) in [5.41, 5.74) is 17.7. The minimum Gasteiger partial charge on any atom is -0.208 e. The summed E-state index contributed by atoms with van der Waals surface area (Å²) in [6.45, 7) is 8.09. The van der Waals surface area contributed by atoms with E-state index in [0.717, 1.165) is 56.8 Å². The first kappa shape index (κ1) is 35.2. The lowest BCUT2D eigenvalue weighted by Gasteiger charge is -2.31. The van der Waals surface area contributed by atoms with Crippen LogP contribution in [0.3, 0.4) is 0 Å². The van der Waals surface area contributed by atoms with Crippen LogP contribution in [0.25, 0.3) is 95.7 Å². The zero-order chi connectivity index (χ0) is 40.7. The highest BCUT2D eigenvalue weighted by Crippen LogP contribution is 2.65. The van der Waals surface area contributed by atoms with E-state index in [9.17, 15) is 0 Å². The molecule has 0 amide bonds. The molecule has 9 aromatic rings. The molecule has 1 heterocycles. The van der Waals surface area contributed by atoms with E-state index in [1.807, 2.05) is 12.2 Å². The standard InChI is InChI=1S/C58H39N3/c1-3-36-28-30-40(34-37(36)4-2)55-59-56(41-31-29-38-16-5-6-17-39(38)35-41)61-57(60-55)48-33-32-44(42-18-7-8-19-43(42)48)47-23-15-27-53-54(47)49-22-11-14-26-52(49)58(53)50-24-12-9-20-45(50)46-21-10-13-25-51(46)58/h3-9,11-12,14-35H,1-2,10,13H2. The Labute approximate surface area is 355 Å². The molecule has 61 heavy (non-hydrogen) atoms. The zero-order valence-electron chi connectivity index (χ0n) is 33.6. The van der Waals surface area contributed by atoms with E-state index in [1.54, 1.807) is 0 Å². The van der Waals surface area contributed by atoms with Gasteiger partial charge in [0, 0.05) is 16.7 Å². The van der Waals surface area contributed by atoms with Gasteiger partial charge in [-0.2, -0.15) is 0 Å². The van der Waals surface area contributed by atoms with Crippen molar-refractivity contribution in [1.82, 2.24) is 15.0 Å². The van der Waals surface area contributed by atoms with Crippen molar-refractivity contribution in [2.75, 3.05) is 0 Å². The molecule has 0 fully saturated rings. The third kappa shape index (κ3) is 5.14. The van der Waals surface area contributed by atoms with Crippen LogP contribution in [-0.2, 0) is 5.41 Å². The molecule has 0 radical (unpaired) electrons. The van der Waals surface area contributed by atoms with Crippen LogP contribution in [0.2, 0.25) is 0 Å². The summed E-state index contributed by atoms with van der Waals surface area (Å²) in [5, 5.41) is 4.54. The molecule has 3 heteroatoms. The van der Waals surface area contributed by atoms with E-state index < -0.39 is 0 Å². The Balaban J connectivity index is 1.08. The predicted octanol–water partition coefficient (Wildman–Crippen LogP) is 14.6. The molecule has 1 unspecified atom stereocenters. The fourth-order valence-electron chi connectivity index (χ4n) is 10.5. The maximum Gasteiger partial charge on any atom is 0.164 e. The molecule has 1 aromatic heterocycles. The number of hydrogen-bond acceptors (Lipinski definition) is 3. The molecule has 0 saturated carbocycles. The molecule has 8 aromatic carbocycles. The van der Waals surface area contributed by atoms with E-state index in [1.165, 1.54) is 61.0 Å². The minimum absolute atomic E-state index is 0.365. The summed E-state index contributed by atoms with van der Waals surface area (Å²) in [4.78, 5) is 15.6. The lowest BCUT2D eigenvalue weighted by molar-refractivity contribution is 0.782. The molecule has 12 rings (SSSR count). The molecule has 0 saturated heterocycles. The van der Waals surface area contributed by atoms with Crippen LogP contribution in [0.15, 0.2) is 195 Å². The van der Waals surface area contributed by atoms with Crippen LogP contribution in [0.1, 0.15) is 46.2 Å². The number of fused-ring (bicyclic) bond motifs is 12. The summed E-state index contributed by atoms with van der Waals surface area (Å²) >= 11 is 0. The van der Waals surface area contributed by atoms with Gasteiger partial charge in [0.05, 0.1) is 5.41 Å². The van der Waals surface area contributed by atoms with Crippen LogP contribution in [-0.4, -0.2) is 15.0 Å². The van der Waals surface area contributed by atoms with Gasteiger partial charge in [0.1, 0.15) is 0 Å². The van der Waals surface area contributed by atoms with Gasteiger partial charge < -0.3 is 0 Å². The molecule has 1 atom stereocenters. The van der Waals surface area contributed by atoms with E-state index in [-0.39, 0.29) is 5.41 Å². The summed E-state index contributed by atoms with van der Waals surface area (Å²) in [7, 11) is 0. The van der Waals surface area contributed by atoms with Gasteiger partial charge in [-0.15, -0.1) is 0 Å². The van der Waals surface area contributed by atoms with E-state index in [0.29, 0.717) is 17.5 Å². The topological polar surface area (TPSA) is 38.7 Å². The smallest absolute Gasteiger partial charge is 0.164 e. The maximum atomic E-state index is 5.26. The monoisotopic (exact) mass is 777 g/mol. The molecule has 0 N–H and O–H groups in total. The van der Waals surface area contributed by atoms with Crippen LogP contribution in [0.5, 0.6) is 0 Å². The molecule has 0 aliphatic heterocycles. The van der Waals surface area contributed by atoms with Crippen LogP contribution in [0.4, 0.5) is 0 Å². The lowest BCUT2D eigenvalue weighted by atomic mass is 9.69. The largest absolute Gasteiger partial charge is 0.208 e. The molecule has 1 spiro atoms. The van der Waals surface area contributed by atoms with Gasteiger partial charge in [0.2, 0.25) is 0 Å². The fraction of sp³-hybridized carbons (Fsp3) is 0.0517. The van der Waals surface area contributed by atoms with Crippen LogP contribution in [0, 0.1) is 0 Å². The average Bonchev–Trinajstić information content (AvgIpc) is 3.81. The van der Waals surface area contributed by atoms with Gasteiger partial charge in [0.15, 0.2) is 17.5 Å². The molecule has 3 nitrogen and oxygen atoms in total. The summed E-state index contributed by atoms with van der Waals surface area (Å²) in [6.07, 6.45) is 10.8. The SMILES string of the molecule is C=Cc1ccc(-c2nc(-c3ccc4ccccc4c3)nc(-c3ccc(-c4cccc5c4-c4ccccc4C54C5=CCCC=C5c5ccccc54)c4ccccc34)n2)cc1C=C. The Morgan fingerprint density at radius 1 is 0.426 bits per heavy atom. The average molecular weight is 778 g/mol. The van der Waals surface area contributed by atoms with E-state index >= 15 is 0 Å². The summed E-state index contributed by atoms with van der Waals surface area (Å²) < 4.78 is 0. The third-order valence-corrected chi connectivity index (χ3v) is 13.1. The highest BCUT2D eigenvalue weighted by molar-refractivity contribution is 6.09. The molecule has 286 valence electrons. The van der Waals surface area contributed by atoms with Crippen molar-refractivity contribution in [2.24, 2.45) is 0 Å². The van der Waals surface area contributed by atoms with Crippen LogP contribution >= 0.6 is 0 Å². The first-order valence-corrected chi connectivity index (χ1v) is 21.1. The molecule has 0 bridgehead atoms. The minimum atomic E-state index is -0.365. The van der Waals surface area contributed by atoms with E-state index in [2.05, 4.69) is 189 Å². The number of benzene rings is 8. The Bertz CT molecular complexity index is 3420. The Morgan fingerprint density at radius 2 is 1.02 bits per heavy atom. The fourth-order valence-corrected chi connectivity index (χ4v) is 10.5. The van der Waals surface area contributed by atoms with Gasteiger partial charge in [-0.1, -0.05) is 183 Å². The van der Waals surface area contributed by atoms with Crippen molar-refractivity contribution < 1.29 is 0 Å². The molecular formula is C58H39N3. The highest BCUT2D eigenvalue weighted by Gasteiger charge is 2.53. The second kappa shape index (κ2) is 13.7. The van der Waals surface area contributed by atoms with Gasteiger partial charge in [0.25, 0.3) is 0 Å². The van der Waals surface area contributed by atoms with Crippen molar-refractivity contribution in [1.29, 1.82) is 0 Å². The number of rotatable bonds is 6. The second-order valence-corrected chi connectivity index (χ2v) is 16.2. The Hall–Kier alpha value is -7.75. The number of nitrogens with zero attached hydrogens (tertiary/aromatic N) is 3. The van der Waals surface area contributed by atoms with Gasteiger partial charge in [-0.25, -0.2) is 15.0 Å². The van der Waals surface area contributed by atoms with Crippen molar-refractivity contribution in [3.8, 4) is 56.4 Å². The Kier molecular flexibility index (Phi) is 7.88. The van der Waals surface area contributed by atoms with Crippen molar-refractivity contribution >= 4 is 39.3 Å². The van der Waals surface area contributed by atoms with E-state index in [4.69, 9.17) is 15.0 Å². The second-order valence-electron chi connectivity index (χ2n) is 16.2.